The molecule has 12 nitrogen and oxygen atoms in total. The third-order valence-electron chi connectivity index (χ3n) is 15.4. The van der Waals surface area contributed by atoms with Gasteiger partial charge in [0.2, 0.25) is 24.1 Å². The normalized spacial score (nSPS) is 33.5. The van der Waals surface area contributed by atoms with Crippen molar-refractivity contribution in [3.63, 3.8) is 0 Å². The highest BCUT2D eigenvalue weighted by Crippen LogP contribution is 2.65. The Morgan fingerprint density at radius 2 is 1.53 bits per heavy atom. The highest BCUT2D eigenvalue weighted by atomic mass is 16.3. The molecule has 0 aromatic rings. The smallest absolute Gasteiger partial charge is 0.315 e. The second kappa shape index (κ2) is 15.9. The summed E-state index contributed by atoms with van der Waals surface area (Å²) in [7, 11) is 0. The minimum absolute atomic E-state index is 0.0146. The van der Waals surface area contributed by atoms with Crippen LogP contribution in [0.1, 0.15) is 130 Å². The summed E-state index contributed by atoms with van der Waals surface area (Å²) < 4.78 is 0.967. The maximum absolute atomic E-state index is 14.8. The van der Waals surface area contributed by atoms with Crippen LogP contribution in [0.4, 0.5) is 4.79 Å². The Kier molecular flexibility index (Phi) is 11.5. The van der Waals surface area contributed by atoms with Crippen LogP contribution in [0, 0.1) is 51.2 Å². The second-order valence-corrected chi connectivity index (χ2v) is 20.0. The van der Waals surface area contributed by atoms with Crippen molar-refractivity contribution in [2.75, 3.05) is 26.2 Å². The highest BCUT2D eigenvalue weighted by molar-refractivity contribution is 6.38. The standard InChI is InChI=1S/C43H66N6O6/c1-5-6-14-32(36(50)38(52)44-17-18-48(55)26-42(4)15-10-11-16-42)45-37(51)35-33-31(41(33,2)3)25-49(35)39(53)34(30-12-8-7-9-13-30)46-40(54)47-43-22-27-19-28(23-43)21-29(20-27)24-43/h5,27-35H,1,6-26H2,2-4H3,(H3-,44,45,46,47,51,52,54)/p+1/t27?,28?,29?,31-,32?,33-,34-,35-,43?/m0/s1. The van der Waals surface area contributed by atoms with E-state index in [1.807, 2.05) is 0 Å². The number of carbonyl (C=O) groups excluding carboxylic acids is 5. The van der Waals surface area contributed by atoms with Crippen LogP contribution in [0.5, 0.6) is 0 Å². The number of allylic oxidation sites excluding steroid dienone is 1. The van der Waals surface area contributed by atoms with Gasteiger partial charge in [-0.3, -0.25) is 19.2 Å². The first-order chi connectivity index (χ1) is 26.2. The molecule has 5 atom stereocenters. The molecule has 55 heavy (non-hydrogen) atoms. The fourth-order valence-corrected chi connectivity index (χ4v) is 12.8. The zero-order valence-electron chi connectivity index (χ0n) is 33.7. The SMILES string of the molecule is C=CCCC(NC(=O)[C@@H]1[C@@H]2[C@H](CN1C(=O)[C@@H](NC(=O)NC13CC4CC(CC(C4)C1)C3)C1CCCCC1)C2(C)C)C(=O)C(=O)NCC[N+](=O)CC1(C)CCCC1. The Balaban J connectivity index is 1.01. The Labute approximate surface area is 327 Å². The zero-order chi connectivity index (χ0) is 39.1. The number of likely N-dealkylation sites (tertiary alicyclic amines) is 1. The molecule has 304 valence electrons. The van der Waals surface area contributed by atoms with Gasteiger partial charge in [-0.1, -0.05) is 59.0 Å². The molecule has 8 fully saturated rings. The summed E-state index contributed by atoms with van der Waals surface area (Å²) in [5.74, 6) is -0.271. The number of amides is 5. The second-order valence-electron chi connectivity index (χ2n) is 20.0. The molecular weight excluding hydrogens is 697 g/mol. The van der Waals surface area contributed by atoms with E-state index >= 15 is 0 Å². The van der Waals surface area contributed by atoms with Crippen molar-refractivity contribution < 1.29 is 28.7 Å². The number of nitrogens with one attached hydrogen (secondary N) is 4. The van der Waals surface area contributed by atoms with Crippen molar-refractivity contribution in [3.05, 3.63) is 17.6 Å². The van der Waals surface area contributed by atoms with Crippen molar-refractivity contribution in [3.8, 4) is 0 Å². The average Bonchev–Trinajstić information content (AvgIpc) is 3.47. The van der Waals surface area contributed by atoms with Crippen molar-refractivity contribution in [1.82, 2.24) is 26.2 Å². The first kappa shape index (κ1) is 39.9. The Bertz CT molecular complexity index is 1500. The third-order valence-corrected chi connectivity index (χ3v) is 15.4. The van der Waals surface area contributed by atoms with Crippen molar-refractivity contribution in [2.45, 2.75) is 154 Å². The van der Waals surface area contributed by atoms with E-state index in [1.54, 1.807) is 11.0 Å². The first-order valence-corrected chi connectivity index (χ1v) is 21.8. The summed E-state index contributed by atoms with van der Waals surface area (Å²) in [5.41, 5.74) is -0.373. The van der Waals surface area contributed by atoms with Gasteiger partial charge in [-0.15, -0.1) is 6.58 Å². The number of nitroso groups, excluding NO2 is 1. The summed E-state index contributed by atoms with van der Waals surface area (Å²) in [6.07, 6.45) is 18.1. The van der Waals surface area contributed by atoms with Gasteiger partial charge in [0.15, 0.2) is 6.54 Å². The lowest BCUT2D eigenvalue weighted by Gasteiger charge is -2.56. The molecule has 7 aliphatic carbocycles. The Morgan fingerprint density at radius 1 is 0.891 bits per heavy atom. The zero-order valence-corrected chi connectivity index (χ0v) is 33.7. The monoisotopic (exact) mass is 764 g/mol. The van der Waals surface area contributed by atoms with Crippen LogP contribution < -0.4 is 21.3 Å². The minimum Gasteiger partial charge on any atom is -0.344 e. The van der Waals surface area contributed by atoms with Crippen LogP contribution in [0.25, 0.3) is 0 Å². The van der Waals surface area contributed by atoms with Crippen LogP contribution >= 0.6 is 0 Å². The van der Waals surface area contributed by atoms with E-state index in [-0.39, 0.29) is 65.6 Å². The van der Waals surface area contributed by atoms with Gasteiger partial charge < -0.3 is 26.2 Å². The molecule has 8 aliphatic rings. The molecule has 0 spiro atoms. The maximum Gasteiger partial charge on any atom is 0.315 e. The molecule has 4 bridgehead atoms. The summed E-state index contributed by atoms with van der Waals surface area (Å²) >= 11 is 0. The number of rotatable bonds is 16. The van der Waals surface area contributed by atoms with Gasteiger partial charge in [0.25, 0.3) is 5.91 Å². The number of hydrogen-bond acceptors (Lipinski definition) is 6. The molecule has 5 amide bonds. The quantitative estimate of drug-likeness (QED) is 0.0965. The van der Waals surface area contributed by atoms with E-state index in [9.17, 15) is 28.9 Å². The van der Waals surface area contributed by atoms with Gasteiger partial charge >= 0.3 is 6.03 Å². The fraction of sp³-hybridized carbons (Fsp3) is 0.837. The lowest BCUT2D eigenvalue weighted by Crippen LogP contribution is -2.64. The number of nitrogens with zero attached hydrogens (tertiary/aromatic N) is 2. The van der Waals surface area contributed by atoms with Gasteiger partial charge in [-0.2, -0.15) is 0 Å². The van der Waals surface area contributed by atoms with Gasteiger partial charge in [0.1, 0.15) is 12.1 Å². The molecule has 8 rings (SSSR count). The van der Waals surface area contributed by atoms with Crippen LogP contribution in [0.15, 0.2) is 12.7 Å². The molecule has 1 unspecified atom stereocenters. The van der Waals surface area contributed by atoms with E-state index in [0.29, 0.717) is 37.3 Å². The van der Waals surface area contributed by atoms with E-state index < -0.39 is 35.7 Å². The third kappa shape index (κ3) is 8.53. The van der Waals surface area contributed by atoms with Crippen LogP contribution in [-0.4, -0.2) is 89.0 Å². The number of Topliss-reactive ketones (excluding diaryl/α,β-unsaturated/α-hetero) is 1. The van der Waals surface area contributed by atoms with Crippen LogP contribution in [-0.2, 0) is 19.2 Å². The number of carbonyl (C=O) groups is 5. The van der Waals surface area contributed by atoms with Crippen LogP contribution in [0.3, 0.4) is 0 Å². The molecule has 12 heteroatoms. The van der Waals surface area contributed by atoms with E-state index in [1.165, 1.54) is 19.3 Å². The number of fused-ring (bicyclic) bond motifs is 1. The lowest BCUT2D eigenvalue weighted by atomic mass is 9.53. The van der Waals surface area contributed by atoms with Crippen molar-refractivity contribution in [2.24, 2.45) is 46.3 Å². The maximum atomic E-state index is 14.8. The molecule has 0 aromatic carbocycles. The molecule has 1 heterocycles. The average molecular weight is 764 g/mol. The molecule has 1 saturated heterocycles. The minimum atomic E-state index is -1.11. The van der Waals surface area contributed by atoms with Gasteiger partial charge in [-0.25, -0.2) is 4.79 Å². The number of urea groups is 1. The predicted molar refractivity (Wildman–Crippen MR) is 209 cm³/mol. The molecule has 7 saturated carbocycles. The molecular formula is C43H67N6O6+. The van der Waals surface area contributed by atoms with E-state index in [2.05, 4.69) is 48.6 Å². The summed E-state index contributed by atoms with van der Waals surface area (Å²) in [5, 5.41) is 12.1. The number of hydrogen-bond donors (Lipinski definition) is 4. The Hall–Kier alpha value is -3.31. The van der Waals surface area contributed by atoms with Gasteiger partial charge in [0.05, 0.1) is 12.6 Å². The summed E-state index contributed by atoms with van der Waals surface area (Å²) in [6, 6.07) is -2.95. The summed E-state index contributed by atoms with van der Waals surface area (Å²) in [4.78, 5) is 84.0. The van der Waals surface area contributed by atoms with E-state index in [4.69, 9.17) is 0 Å². The lowest BCUT2D eigenvalue weighted by molar-refractivity contribution is -0.560. The van der Waals surface area contributed by atoms with Crippen molar-refractivity contribution >= 4 is 29.5 Å². The largest absolute Gasteiger partial charge is 0.344 e. The molecule has 0 radical (unpaired) electrons. The molecule has 4 N–H and O–H groups in total. The molecule has 1 aliphatic heterocycles. The van der Waals surface area contributed by atoms with Gasteiger partial charge in [-0.05, 0) is 118 Å². The van der Waals surface area contributed by atoms with Crippen molar-refractivity contribution in [1.29, 1.82) is 0 Å². The van der Waals surface area contributed by atoms with Crippen LogP contribution in [0.2, 0.25) is 0 Å². The summed E-state index contributed by atoms with van der Waals surface area (Å²) in [6.45, 7) is 11.0. The topological polar surface area (TPSA) is 157 Å². The predicted octanol–water partition coefficient (Wildman–Crippen LogP) is 5.18. The highest BCUT2D eigenvalue weighted by Gasteiger charge is 2.70. The number of piperidine rings is 1. The fourth-order valence-electron chi connectivity index (χ4n) is 12.8. The van der Waals surface area contributed by atoms with E-state index in [0.717, 1.165) is 81.8 Å². The van der Waals surface area contributed by atoms with Gasteiger partial charge in [0, 0.05) is 27.2 Å². The Morgan fingerprint density at radius 3 is 2.15 bits per heavy atom. The number of ketones is 1. The molecule has 0 aromatic heterocycles. The first-order valence-electron chi connectivity index (χ1n) is 21.8.